The van der Waals surface area contributed by atoms with E-state index in [4.69, 9.17) is 9.47 Å². The molecule has 1 saturated carbocycles. The van der Waals surface area contributed by atoms with Gasteiger partial charge in [-0.15, -0.1) is 0 Å². The minimum Gasteiger partial charge on any atom is -0.376 e. The highest BCUT2D eigenvalue weighted by molar-refractivity contribution is 5.78. The molecule has 3 aliphatic rings. The van der Waals surface area contributed by atoms with Crippen LogP contribution in [0.4, 0.5) is 5.95 Å². The van der Waals surface area contributed by atoms with Gasteiger partial charge in [0.15, 0.2) is 0 Å². The van der Waals surface area contributed by atoms with E-state index in [-0.39, 0.29) is 12.5 Å². The van der Waals surface area contributed by atoms with Gasteiger partial charge in [0.1, 0.15) is 12.2 Å². The van der Waals surface area contributed by atoms with Crippen molar-refractivity contribution in [3.05, 3.63) is 18.5 Å². The van der Waals surface area contributed by atoms with Crippen molar-refractivity contribution in [2.75, 3.05) is 50.9 Å². The van der Waals surface area contributed by atoms with Crippen molar-refractivity contribution in [2.24, 2.45) is 5.92 Å². The molecule has 2 aliphatic heterocycles. The molecule has 124 valence electrons. The summed E-state index contributed by atoms with van der Waals surface area (Å²) in [5, 5.41) is 0. The molecule has 3 heterocycles. The van der Waals surface area contributed by atoms with Crippen LogP contribution in [0.25, 0.3) is 0 Å². The van der Waals surface area contributed by atoms with E-state index in [0.717, 1.165) is 13.1 Å². The second kappa shape index (κ2) is 6.05. The summed E-state index contributed by atoms with van der Waals surface area (Å²) in [6.07, 6.45) is 5.95. The molecule has 0 aromatic carbocycles. The second-order valence-electron chi connectivity index (χ2n) is 6.71. The third-order valence-electron chi connectivity index (χ3n) is 4.69. The zero-order valence-corrected chi connectivity index (χ0v) is 13.2. The van der Waals surface area contributed by atoms with Crippen molar-refractivity contribution in [3.63, 3.8) is 0 Å². The molecule has 1 atom stereocenters. The number of carbonyl (C=O) groups excluding carboxylic acids is 1. The summed E-state index contributed by atoms with van der Waals surface area (Å²) in [6, 6.07) is 1.81. The molecule has 0 radical (unpaired) electrons. The van der Waals surface area contributed by atoms with Gasteiger partial charge in [-0.1, -0.05) is 0 Å². The molecular formula is C16H22N4O3. The number of hydrogen-bond acceptors (Lipinski definition) is 6. The van der Waals surface area contributed by atoms with Crippen molar-refractivity contribution >= 4 is 11.9 Å². The second-order valence-corrected chi connectivity index (χ2v) is 6.71. The molecule has 1 unspecified atom stereocenters. The van der Waals surface area contributed by atoms with Gasteiger partial charge in [-0.3, -0.25) is 4.79 Å². The normalized spacial score (nSPS) is 29.0. The van der Waals surface area contributed by atoms with Crippen LogP contribution in [0.2, 0.25) is 0 Å². The van der Waals surface area contributed by atoms with Gasteiger partial charge in [-0.2, -0.15) is 0 Å². The fourth-order valence-corrected chi connectivity index (χ4v) is 3.28. The quantitative estimate of drug-likeness (QED) is 0.800. The van der Waals surface area contributed by atoms with Crippen LogP contribution in [-0.2, 0) is 14.3 Å². The van der Waals surface area contributed by atoms with Crippen LogP contribution in [0.3, 0.4) is 0 Å². The molecule has 7 heteroatoms. The molecule has 2 saturated heterocycles. The van der Waals surface area contributed by atoms with Gasteiger partial charge in [0.2, 0.25) is 11.9 Å². The summed E-state index contributed by atoms with van der Waals surface area (Å²) in [5.41, 5.74) is -0.488. The van der Waals surface area contributed by atoms with E-state index < -0.39 is 5.60 Å². The van der Waals surface area contributed by atoms with Gasteiger partial charge in [0.05, 0.1) is 26.3 Å². The van der Waals surface area contributed by atoms with Gasteiger partial charge < -0.3 is 19.3 Å². The number of carbonyl (C=O) groups is 1. The Labute approximate surface area is 135 Å². The van der Waals surface area contributed by atoms with Gasteiger partial charge >= 0.3 is 0 Å². The van der Waals surface area contributed by atoms with E-state index >= 15 is 0 Å². The van der Waals surface area contributed by atoms with E-state index in [2.05, 4.69) is 14.9 Å². The minimum atomic E-state index is -0.488. The maximum atomic E-state index is 12.1. The summed E-state index contributed by atoms with van der Waals surface area (Å²) in [6.45, 7) is 4.07. The average molecular weight is 318 g/mol. The number of aromatic nitrogens is 2. The standard InChI is InChI=1S/C16H22N4O3/c21-14-9-23-16(11-20(14)8-13-2-3-13)10-19(6-7-22-12-16)15-17-4-1-5-18-15/h1,4-5,13H,2-3,6-12H2. The largest absolute Gasteiger partial charge is 0.376 e. The molecule has 7 nitrogen and oxygen atoms in total. The Morgan fingerprint density at radius 1 is 1.26 bits per heavy atom. The number of amides is 1. The predicted molar refractivity (Wildman–Crippen MR) is 83.1 cm³/mol. The SMILES string of the molecule is O=C1COC2(COCCN(c3ncccn3)C2)CN1CC1CC1. The summed E-state index contributed by atoms with van der Waals surface area (Å²) in [7, 11) is 0. The number of hydrogen-bond donors (Lipinski definition) is 0. The summed E-state index contributed by atoms with van der Waals surface area (Å²) in [4.78, 5) is 24.9. The van der Waals surface area contributed by atoms with E-state index in [1.165, 1.54) is 12.8 Å². The lowest BCUT2D eigenvalue weighted by molar-refractivity contribution is -0.170. The van der Waals surface area contributed by atoms with Crippen LogP contribution in [0, 0.1) is 5.92 Å². The molecule has 1 aromatic rings. The Balaban J connectivity index is 1.52. The van der Waals surface area contributed by atoms with E-state index in [9.17, 15) is 4.79 Å². The third-order valence-corrected chi connectivity index (χ3v) is 4.69. The average Bonchev–Trinajstić information content (AvgIpc) is 3.40. The first-order valence-corrected chi connectivity index (χ1v) is 8.26. The van der Waals surface area contributed by atoms with Crippen LogP contribution >= 0.6 is 0 Å². The Kier molecular flexibility index (Phi) is 3.90. The first-order chi connectivity index (χ1) is 11.2. The highest BCUT2D eigenvalue weighted by Crippen LogP contribution is 2.32. The zero-order chi connectivity index (χ0) is 15.7. The smallest absolute Gasteiger partial charge is 0.248 e. The van der Waals surface area contributed by atoms with Crippen molar-refractivity contribution in [1.82, 2.24) is 14.9 Å². The van der Waals surface area contributed by atoms with E-state index in [0.29, 0.717) is 38.2 Å². The number of nitrogens with zero attached hydrogens (tertiary/aromatic N) is 4. The van der Waals surface area contributed by atoms with Crippen molar-refractivity contribution < 1.29 is 14.3 Å². The summed E-state index contributed by atoms with van der Waals surface area (Å²) < 4.78 is 11.8. The molecule has 0 bridgehead atoms. The Morgan fingerprint density at radius 3 is 2.87 bits per heavy atom. The highest BCUT2D eigenvalue weighted by atomic mass is 16.6. The molecule has 1 spiro atoms. The topological polar surface area (TPSA) is 67.8 Å². The fraction of sp³-hybridized carbons (Fsp3) is 0.688. The van der Waals surface area contributed by atoms with Crippen LogP contribution < -0.4 is 4.90 Å². The Hall–Kier alpha value is -1.73. The molecule has 23 heavy (non-hydrogen) atoms. The molecule has 4 rings (SSSR count). The van der Waals surface area contributed by atoms with E-state index in [1.54, 1.807) is 18.5 Å². The fourth-order valence-electron chi connectivity index (χ4n) is 3.28. The number of anilines is 1. The maximum Gasteiger partial charge on any atom is 0.248 e. The van der Waals surface area contributed by atoms with Crippen molar-refractivity contribution in [3.8, 4) is 0 Å². The van der Waals surface area contributed by atoms with Gasteiger partial charge in [-0.25, -0.2) is 9.97 Å². The molecule has 1 aromatic heterocycles. The van der Waals surface area contributed by atoms with E-state index in [1.807, 2.05) is 4.90 Å². The first-order valence-electron chi connectivity index (χ1n) is 8.26. The molecule has 0 N–H and O–H groups in total. The minimum absolute atomic E-state index is 0.0919. The number of ether oxygens (including phenoxy) is 2. The Morgan fingerprint density at radius 2 is 2.09 bits per heavy atom. The van der Waals surface area contributed by atoms with Crippen LogP contribution in [0.5, 0.6) is 0 Å². The van der Waals surface area contributed by atoms with Gasteiger partial charge in [0, 0.05) is 25.5 Å². The van der Waals surface area contributed by atoms with Crippen molar-refractivity contribution in [1.29, 1.82) is 0 Å². The van der Waals surface area contributed by atoms with Crippen LogP contribution in [0.15, 0.2) is 18.5 Å². The Bertz CT molecular complexity index is 566. The predicted octanol–water partition coefficient (Wildman–Crippen LogP) is 0.321. The number of rotatable bonds is 3. The molecule has 3 fully saturated rings. The lowest BCUT2D eigenvalue weighted by atomic mass is 10.0. The van der Waals surface area contributed by atoms with Crippen molar-refractivity contribution in [2.45, 2.75) is 18.4 Å². The molecular weight excluding hydrogens is 296 g/mol. The van der Waals surface area contributed by atoms with Crippen LogP contribution in [0.1, 0.15) is 12.8 Å². The maximum absolute atomic E-state index is 12.1. The first kappa shape index (κ1) is 14.8. The lowest BCUT2D eigenvalue weighted by Crippen LogP contribution is -2.61. The molecule has 1 aliphatic carbocycles. The highest BCUT2D eigenvalue weighted by Gasteiger charge is 2.44. The summed E-state index contributed by atoms with van der Waals surface area (Å²) in [5.74, 6) is 1.45. The third kappa shape index (κ3) is 3.30. The van der Waals surface area contributed by atoms with Gasteiger partial charge in [0.25, 0.3) is 0 Å². The van der Waals surface area contributed by atoms with Gasteiger partial charge in [-0.05, 0) is 24.8 Å². The summed E-state index contributed by atoms with van der Waals surface area (Å²) >= 11 is 0. The monoisotopic (exact) mass is 318 g/mol. The molecule has 1 amide bonds. The zero-order valence-electron chi connectivity index (χ0n) is 13.2. The lowest BCUT2D eigenvalue weighted by Gasteiger charge is -2.43. The van der Waals surface area contributed by atoms with Crippen LogP contribution in [-0.4, -0.2) is 72.4 Å². The number of morpholine rings is 1.